The van der Waals surface area contributed by atoms with Gasteiger partial charge in [-0.15, -0.1) is 0 Å². The summed E-state index contributed by atoms with van der Waals surface area (Å²) in [6.45, 7) is 4.64. The average molecular weight is 211 g/mol. The van der Waals surface area contributed by atoms with Crippen LogP contribution in [0.25, 0.3) is 0 Å². The van der Waals surface area contributed by atoms with Crippen molar-refractivity contribution in [1.82, 2.24) is 9.97 Å². The lowest BCUT2D eigenvalue weighted by molar-refractivity contribution is 0.0343. The topological polar surface area (TPSA) is 85.1 Å². The van der Waals surface area contributed by atoms with Gasteiger partial charge in [-0.3, -0.25) is 5.43 Å². The molecule has 4 N–H and O–H groups in total. The van der Waals surface area contributed by atoms with Crippen LogP contribution in [0.2, 0.25) is 0 Å². The Morgan fingerprint density at radius 1 is 1.53 bits per heavy atom. The molecule has 0 spiro atoms. The number of methoxy groups -OCH3 is 1. The fourth-order valence-electron chi connectivity index (χ4n) is 0.902. The van der Waals surface area contributed by atoms with E-state index in [9.17, 15) is 0 Å². The predicted molar refractivity (Wildman–Crippen MR) is 59.4 cm³/mol. The zero-order valence-corrected chi connectivity index (χ0v) is 9.24. The van der Waals surface area contributed by atoms with E-state index < -0.39 is 0 Å². The Morgan fingerprint density at radius 2 is 2.27 bits per heavy atom. The van der Waals surface area contributed by atoms with E-state index in [1.165, 1.54) is 0 Å². The highest BCUT2D eigenvalue weighted by atomic mass is 16.5. The molecule has 1 aromatic heterocycles. The standard InChI is InChI=1S/C9H17N5O/c1-9(2,15-3)6-12-7-4-5-11-8(13-7)14-10/h4-5H,6,10H2,1-3H3,(H2,11,12,13,14). The molecule has 0 bridgehead atoms. The number of nitrogen functional groups attached to an aromatic ring is 1. The summed E-state index contributed by atoms with van der Waals surface area (Å²) in [5.74, 6) is 6.30. The van der Waals surface area contributed by atoms with E-state index in [4.69, 9.17) is 10.6 Å². The summed E-state index contributed by atoms with van der Waals surface area (Å²) in [6.07, 6.45) is 1.63. The summed E-state index contributed by atoms with van der Waals surface area (Å²) in [5.41, 5.74) is 2.15. The van der Waals surface area contributed by atoms with E-state index >= 15 is 0 Å². The molecule has 0 radical (unpaired) electrons. The molecule has 1 aromatic rings. The summed E-state index contributed by atoms with van der Waals surface area (Å²) >= 11 is 0. The number of hydrogen-bond acceptors (Lipinski definition) is 6. The van der Waals surface area contributed by atoms with E-state index in [0.29, 0.717) is 18.3 Å². The van der Waals surface area contributed by atoms with E-state index in [-0.39, 0.29) is 5.60 Å². The highest BCUT2D eigenvalue weighted by Crippen LogP contribution is 2.10. The number of aromatic nitrogens is 2. The maximum Gasteiger partial charge on any atom is 0.239 e. The third-order valence-corrected chi connectivity index (χ3v) is 2.03. The SMILES string of the molecule is COC(C)(C)CNc1ccnc(NN)n1. The second-order valence-electron chi connectivity index (χ2n) is 3.73. The van der Waals surface area contributed by atoms with Crippen molar-refractivity contribution in [2.45, 2.75) is 19.4 Å². The molecule has 0 fully saturated rings. The number of hydrogen-bond donors (Lipinski definition) is 3. The summed E-state index contributed by atoms with van der Waals surface area (Å²) in [4.78, 5) is 8.02. The van der Waals surface area contributed by atoms with E-state index in [1.54, 1.807) is 19.4 Å². The molecular weight excluding hydrogens is 194 g/mol. The number of nitrogens with two attached hydrogens (primary N) is 1. The minimum atomic E-state index is -0.235. The van der Waals surface area contributed by atoms with Crippen molar-refractivity contribution in [3.63, 3.8) is 0 Å². The summed E-state index contributed by atoms with van der Waals surface area (Å²) in [7, 11) is 1.68. The van der Waals surface area contributed by atoms with Crippen molar-refractivity contribution in [2.75, 3.05) is 24.4 Å². The quantitative estimate of drug-likeness (QED) is 0.488. The Hall–Kier alpha value is -1.40. The van der Waals surface area contributed by atoms with Gasteiger partial charge in [-0.25, -0.2) is 10.8 Å². The molecule has 0 aliphatic heterocycles. The molecule has 0 aliphatic carbocycles. The Kier molecular flexibility index (Phi) is 3.81. The van der Waals surface area contributed by atoms with Crippen LogP contribution in [0.1, 0.15) is 13.8 Å². The van der Waals surface area contributed by atoms with Gasteiger partial charge in [0, 0.05) is 19.9 Å². The molecule has 0 atom stereocenters. The fraction of sp³-hybridized carbons (Fsp3) is 0.556. The van der Waals surface area contributed by atoms with Crippen molar-refractivity contribution >= 4 is 11.8 Å². The molecule has 6 heteroatoms. The molecule has 0 aliphatic rings. The van der Waals surface area contributed by atoms with Gasteiger partial charge in [0.1, 0.15) is 5.82 Å². The smallest absolute Gasteiger partial charge is 0.239 e. The first-order chi connectivity index (χ1) is 7.07. The minimum absolute atomic E-state index is 0.235. The first-order valence-corrected chi connectivity index (χ1v) is 4.66. The zero-order chi connectivity index (χ0) is 11.3. The summed E-state index contributed by atoms with van der Waals surface area (Å²) < 4.78 is 5.27. The summed E-state index contributed by atoms with van der Waals surface area (Å²) in [6, 6.07) is 1.77. The average Bonchev–Trinajstić information content (AvgIpc) is 2.27. The molecule has 6 nitrogen and oxygen atoms in total. The molecule has 0 aromatic carbocycles. The van der Waals surface area contributed by atoms with Gasteiger partial charge in [0.2, 0.25) is 5.95 Å². The van der Waals surface area contributed by atoms with Gasteiger partial charge >= 0.3 is 0 Å². The van der Waals surface area contributed by atoms with Gasteiger partial charge in [0.25, 0.3) is 0 Å². The monoisotopic (exact) mass is 211 g/mol. The van der Waals surface area contributed by atoms with Gasteiger partial charge in [0.15, 0.2) is 0 Å². The lowest BCUT2D eigenvalue weighted by Crippen LogP contribution is -2.32. The number of hydrazine groups is 1. The van der Waals surface area contributed by atoms with Crippen molar-refractivity contribution in [1.29, 1.82) is 0 Å². The first-order valence-electron chi connectivity index (χ1n) is 4.66. The lowest BCUT2D eigenvalue weighted by atomic mass is 10.1. The fourth-order valence-corrected chi connectivity index (χ4v) is 0.902. The van der Waals surface area contributed by atoms with Crippen LogP contribution in [-0.2, 0) is 4.74 Å². The summed E-state index contributed by atoms with van der Waals surface area (Å²) in [5, 5.41) is 3.14. The predicted octanol–water partition coefficient (Wildman–Crippen LogP) is 0.599. The second-order valence-corrected chi connectivity index (χ2v) is 3.73. The van der Waals surface area contributed by atoms with Crippen molar-refractivity contribution in [3.8, 4) is 0 Å². The largest absolute Gasteiger partial charge is 0.377 e. The molecule has 0 unspecified atom stereocenters. The van der Waals surface area contributed by atoms with Crippen LogP contribution < -0.4 is 16.6 Å². The van der Waals surface area contributed by atoms with Crippen LogP contribution >= 0.6 is 0 Å². The third kappa shape index (κ3) is 3.69. The first kappa shape index (κ1) is 11.7. The van der Waals surface area contributed by atoms with Gasteiger partial charge in [-0.05, 0) is 19.9 Å². The van der Waals surface area contributed by atoms with Gasteiger partial charge < -0.3 is 10.1 Å². The molecule has 15 heavy (non-hydrogen) atoms. The number of ether oxygens (including phenoxy) is 1. The maximum absolute atomic E-state index is 5.27. The lowest BCUT2D eigenvalue weighted by Gasteiger charge is -2.23. The molecule has 84 valence electrons. The number of nitrogens with one attached hydrogen (secondary N) is 2. The van der Waals surface area contributed by atoms with Crippen LogP contribution in [0.5, 0.6) is 0 Å². The van der Waals surface area contributed by atoms with Crippen LogP contribution in [0, 0.1) is 0 Å². The van der Waals surface area contributed by atoms with Crippen molar-refractivity contribution in [3.05, 3.63) is 12.3 Å². The molecule has 0 saturated carbocycles. The minimum Gasteiger partial charge on any atom is -0.377 e. The van der Waals surface area contributed by atoms with E-state index in [1.807, 2.05) is 13.8 Å². The zero-order valence-electron chi connectivity index (χ0n) is 9.24. The number of anilines is 2. The highest BCUT2D eigenvalue weighted by molar-refractivity contribution is 5.39. The maximum atomic E-state index is 5.27. The van der Waals surface area contributed by atoms with E-state index in [0.717, 1.165) is 0 Å². The van der Waals surface area contributed by atoms with Gasteiger partial charge in [-0.2, -0.15) is 4.98 Å². The molecule has 1 rings (SSSR count). The number of rotatable bonds is 5. The van der Waals surface area contributed by atoms with Crippen LogP contribution in [0.4, 0.5) is 11.8 Å². The third-order valence-electron chi connectivity index (χ3n) is 2.03. The number of nitrogens with zero attached hydrogens (tertiary/aromatic N) is 2. The van der Waals surface area contributed by atoms with Gasteiger partial charge in [0.05, 0.1) is 5.60 Å². The molecule has 0 saturated heterocycles. The van der Waals surface area contributed by atoms with Crippen molar-refractivity contribution in [2.24, 2.45) is 5.84 Å². The highest BCUT2D eigenvalue weighted by Gasteiger charge is 2.15. The van der Waals surface area contributed by atoms with Crippen LogP contribution in [0.15, 0.2) is 12.3 Å². The van der Waals surface area contributed by atoms with Crippen LogP contribution in [-0.4, -0.2) is 29.2 Å². The van der Waals surface area contributed by atoms with Crippen LogP contribution in [0.3, 0.4) is 0 Å². The van der Waals surface area contributed by atoms with E-state index in [2.05, 4.69) is 20.7 Å². The Bertz CT molecular complexity index is 315. The Morgan fingerprint density at radius 3 is 2.87 bits per heavy atom. The Balaban J connectivity index is 2.57. The second kappa shape index (κ2) is 4.90. The normalized spacial score (nSPS) is 11.2. The van der Waals surface area contributed by atoms with Gasteiger partial charge in [-0.1, -0.05) is 0 Å². The molecule has 1 heterocycles. The molecular formula is C9H17N5O. The Labute approximate surface area is 89.2 Å². The molecule has 0 amide bonds. The van der Waals surface area contributed by atoms with Crippen molar-refractivity contribution < 1.29 is 4.74 Å².